The average molecular weight is 338 g/mol. The van der Waals surface area contributed by atoms with E-state index in [4.69, 9.17) is 5.26 Å². The largest absolute Gasteiger partial charge is 0.354 e. The summed E-state index contributed by atoms with van der Waals surface area (Å²) in [6, 6.07) is 8.02. The summed E-state index contributed by atoms with van der Waals surface area (Å²) >= 11 is 0. The van der Waals surface area contributed by atoms with Crippen LogP contribution in [0.3, 0.4) is 0 Å². The summed E-state index contributed by atoms with van der Waals surface area (Å²) in [6.07, 6.45) is 1.83. The molecule has 1 amide bonds. The van der Waals surface area contributed by atoms with Crippen molar-refractivity contribution < 1.29 is 13.2 Å². The van der Waals surface area contributed by atoms with Crippen molar-refractivity contribution >= 4 is 21.6 Å². The molecular weight excluding hydrogens is 316 g/mol. The van der Waals surface area contributed by atoms with Crippen LogP contribution in [0.4, 0.5) is 5.69 Å². The Morgan fingerprint density at radius 2 is 1.87 bits per heavy atom. The zero-order chi connectivity index (χ0) is 17.5. The Bertz CT molecular complexity index is 663. The lowest BCUT2D eigenvalue weighted by molar-refractivity contribution is -0.119. The lowest BCUT2D eigenvalue weighted by Crippen LogP contribution is -2.41. The second-order valence-corrected chi connectivity index (χ2v) is 7.34. The second-order valence-electron chi connectivity index (χ2n) is 5.44. The normalized spacial score (nSPS) is 11.1. The molecule has 126 valence electrons. The Kier molecular flexibility index (Phi) is 7.00. The summed E-state index contributed by atoms with van der Waals surface area (Å²) in [5.41, 5.74) is 0.783. The number of carbonyl (C=O) groups excluding carboxylic acids is 1. The van der Waals surface area contributed by atoms with Crippen LogP contribution >= 0.6 is 0 Å². The number of nitrogens with one attached hydrogen (secondary N) is 1. The number of carbonyl (C=O) groups is 1. The molecule has 0 spiro atoms. The fourth-order valence-electron chi connectivity index (χ4n) is 1.91. The van der Waals surface area contributed by atoms with Gasteiger partial charge in [-0.1, -0.05) is 0 Å². The smallest absolute Gasteiger partial charge is 0.240 e. The van der Waals surface area contributed by atoms with E-state index < -0.39 is 10.0 Å². The molecule has 1 rings (SSSR count). The highest BCUT2D eigenvalue weighted by Gasteiger charge is 2.20. The van der Waals surface area contributed by atoms with Gasteiger partial charge in [0.15, 0.2) is 0 Å². The highest BCUT2D eigenvalue weighted by atomic mass is 32.2. The Morgan fingerprint density at radius 1 is 1.26 bits per heavy atom. The number of hydrogen-bond donors (Lipinski definition) is 1. The minimum atomic E-state index is -3.60. The minimum absolute atomic E-state index is 0.285. The van der Waals surface area contributed by atoms with Gasteiger partial charge in [-0.05, 0) is 51.3 Å². The van der Waals surface area contributed by atoms with Crippen LogP contribution in [0.5, 0.6) is 0 Å². The molecule has 0 heterocycles. The van der Waals surface area contributed by atoms with Crippen molar-refractivity contribution in [1.82, 2.24) is 10.2 Å². The first-order chi connectivity index (χ1) is 10.7. The van der Waals surface area contributed by atoms with E-state index in [1.54, 1.807) is 0 Å². The monoisotopic (exact) mass is 338 g/mol. The highest BCUT2D eigenvalue weighted by molar-refractivity contribution is 7.92. The predicted molar refractivity (Wildman–Crippen MR) is 89.5 cm³/mol. The first-order valence-electron chi connectivity index (χ1n) is 7.13. The summed E-state index contributed by atoms with van der Waals surface area (Å²) in [4.78, 5) is 14.0. The van der Waals surface area contributed by atoms with Crippen LogP contribution in [0.1, 0.15) is 12.0 Å². The number of sulfonamides is 1. The maximum atomic E-state index is 12.0. The van der Waals surface area contributed by atoms with E-state index in [1.807, 2.05) is 25.1 Å². The average Bonchev–Trinajstić information content (AvgIpc) is 2.48. The van der Waals surface area contributed by atoms with Crippen LogP contribution in [0.15, 0.2) is 24.3 Å². The highest BCUT2D eigenvalue weighted by Crippen LogP contribution is 2.17. The molecule has 23 heavy (non-hydrogen) atoms. The molecule has 0 saturated carbocycles. The van der Waals surface area contributed by atoms with Gasteiger partial charge < -0.3 is 10.2 Å². The van der Waals surface area contributed by atoms with Crippen molar-refractivity contribution in [3.63, 3.8) is 0 Å². The van der Waals surface area contributed by atoms with Crippen LogP contribution in [0, 0.1) is 11.3 Å². The van der Waals surface area contributed by atoms with Crippen LogP contribution in [-0.4, -0.2) is 59.2 Å². The molecular formula is C15H22N4O3S. The van der Waals surface area contributed by atoms with E-state index in [9.17, 15) is 13.2 Å². The maximum absolute atomic E-state index is 12.0. The van der Waals surface area contributed by atoms with Crippen LogP contribution < -0.4 is 9.62 Å². The summed E-state index contributed by atoms with van der Waals surface area (Å²) in [5.74, 6) is -0.362. The molecule has 0 saturated heterocycles. The molecule has 0 aliphatic rings. The third-order valence-electron chi connectivity index (χ3n) is 3.08. The van der Waals surface area contributed by atoms with E-state index in [2.05, 4.69) is 5.32 Å². The van der Waals surface area contributed by atoms with Gasteiger partial charge in [-0.2, -0.15) is 5.26 Å². The summed E-state index contributed by atoms with van der Waals surface area (Å²) in [5, 5.41) is 11.5. The van der Waals surface area contributed by atoms with E-state index >= 15 is 0 Å². The standard InChI is InChI=1S/C15H22N4O3S/c1-18(2)10-4-9-17-15(20)12-19(23(3,21)22)14-7-5-13(11-16)6-8-14/h5-8H,4,9-10,12H2,1-3H3,(H,17,20). The zero-order valence-corrected chi connectivity index (χ0v) is 14.4. The molecule has 0 aliphatic carbocycles. The minimum Gasteiger partial charge on any atom is -0.354 e. The SMILES string of the molecule is CN(C)CCCNC(=O)CN(c1ccc(C#N)cc1)S(C)(=O)=O. The predicted octanol–water partition coefficient (Wildman–Crippen LogP) is 0.392. The van der Waals surface area contributed by atoms with E-state index in [1.165, 1.54) is 24.3 Å². The van der Waals surface area contributed by atoms with Crippen molar-refractivity contribution in [3.8, 4) is 6.07 Å². The number of anilines is 1. The van der Waals surface area contributed by atoms with Gasteiger partial charge >= 0.3 is 0 Å². The van der Waals surface area contributed by atoms with Crippen LogP contribution in [0.2, 0.25) is 0 Å². The molecule has 1 aromatic carbocycles. The molecule has 0 fully saturated rings. The van der Waals surface area contributed by atoms with Gasteiger partial charge in [0.25, 0.3) is 0 Å². The van der Waals surface area contributed by atoms with Crippen molar-refractivity contribution in [2.45, 2.75) is 6.42 Å². The Hall–Kier alpha value is -2.11. The Balaban J connectivity index is 2.72. The van der Waals surface area contributed by atoms with Crippen LogP contribution in [0.25, 0.3) is 0 Å². The molecule has 8 heteroatoms. The fourth-order valence-corrected chi connectivity index (χ4v) is 2.77. The summed E-state index contributed by atoms with van der Waals surface area (Å²) in [7, 11) is 0.290. The number of nitrogens with zero attached hydrogens (tertiary/aromatic N) is 3. The van der Waals surface area contributed by atoms with Gasteiger partial charge in [0.05, 0.1) is 23.6 Å². The van der Waals surface area contributed by atoms with Crippen molar-refractivity contribution in [1.29, 1.82) is 5.26 Å². The van der Waals surface area contributed by atoms with E-state index in [0.717, 1.165) is 23.5 Å². The third kappa shape index (κ3) is 6.67. The van der Waals surface area contributed by atoms with Crippen molar-refractivity contribution in [3.05, 3.63) is 29.8 Å². The quantitative estimate of drug-likeness (QED) is 0.692. The maximum Gasteiger partial charge on any atom is 0.240 e. The van der Waals surface area contributed by atoms with E-state index in [0.29, 0.717) is 17.8 Å². The Morgan fingerprint density at radius 3 is 2.35 bits per heavy atom. The first kappa shape index (κ1) is 18.9. The molecule has 1 N–H and O–H groups in total. The van der Waals surface area contributed by atoms with Gasteiger partial charge in [-0.15, -0.1) is 0 Å². The lowest BCUT2D eigenvalue weighted by Gasteiger charge is -2.22. The fraction of sp³-hybridized carbons (Fsp3) is 0.467. The van der Waals surface area contributed by atoms with Gasteiger partial charge in [0, 0.05) is 6.54 Å². The topological polar surface area (TPSA) is 93.5 Å². The molecule has 0 atom stereocenters. The third-order valence-corrected chi connectivity index (χ3v) is 4.22. The van der Waals surface area contributed by atoms with Crippen molar-refractivity contribution in [2.75, 3.05) is 44.3 Å². The van der Waals surface area contributed by atoms with Gasteiger partial charge in [0.2, 0.25) is 15.9 Å². The molecule has 1 aromatic rings. The van der Waals surface area contributed by atoms with Crippen LogP contribution in [-0.2, 0) is 14.8 Å². The number of rotatable bonds is 8. The molecule has 7 nitrogen and oxygen atoms in total. The molecule has 0 radical (unpaired) electrons. The number of amides is 1. The summed E-state index contributed by atoms with van der Waals surface area (Å²) in [6.45, 7) is 1.04. The van der Waals surface area contributed by atoms with E-state index in [-0.39, 0.29) is 12.5 Å². The summed E-state index contributed by atoms with van der Waals surface area (Å²) < 4.78 is 24.9. The first-order valence-corrected chi connectivity index (χ1v) is 8.98. The molecule has 0 aliphatic heterocycles. The van der Waals surface area contributed by atoms with Gasteiger partial charge in [0.1, 0.15) is 6.54 Å². The zero-order valence-electron chi connectivity index (χ0n) is 13.6. The van der Waals surface area contributed by atoms with Gasteiger partial charge in [-0.3, -0.25) is 9.10 Å². The van der Waals surface area contributed by atoms with Crippen molar-refractivity contribution in [2.24, 2.45) is 0 Å². The Labute approximate surface area is 137 Å². The molecule has 0 aromatic heterocycles. The molecule has 0 unspecified atom stereocenters. The second kappa shape index (κ2) is 8.50. The number of nitriles is 1. The number of hydrogen-bond acceptors (Lipinski definition) is 5. The number of benzene rings is 1. The van der Waals surface area contributed by atoms with Gasteiger partial charge in [-0.25, -0.2) is 8.42 Å². The molecule has 0 bridgehead atoms. The lowest BCUT2D eigenvalue weighted by atomic mass is 10.2.